The summed E-state index contributed by atoms with van der Waals surface area (Å²) in [5, 5.41) is -0.0118. The monoisotopic (exact) mass is 399 g/mol. The van der Waals surface area contributed by atoms with Gasteiger partial charge in [0.05, 0.1) is 22.1 Å². The fourth-order valence-electron chi connectivity index (χ4n) is 4.05. The van der Waals surface area contributed by atoms with Crippen LogP contribution in [-0.4, -0.2) is 52.9 Å². The van der Waals surface area contributed by atoms with Gasteiger partial charge in [0.15, 0.2) is 11.5 Å². The van der Waals surface area contributed by atoms with Crippen LogP contribution in [0.3, 0.4) is 0 Å². The molecule has 1 fully saturated rings. The highest BCUT2D eigenvalue weighted by atomic mass is 16.7. The number of nitrogens with zero attached hydrogens (tertiary/aromatic N) is 2. The first-order valence-corrected chi connectivity index (χ1v) is 8.81. The zero-order valence-electron chi connectivity index (χ0n) is 24.8. The minimum atomic E-state index is -3.34. The fourth-order valence-corrected chi connectivity index (χ4v) is 4.05. The van der Waals surface area contributed by atoms with Crippen LogP contribution in [0.25, 0.3) is 10.9 Å². The van der Waals surface area contributed by atoms with Gasteiger partial charge in [0.25, 0.3) is 0 Å². The van der Waals surface area contributed by atoms with Gasteiger partial charge >= 0.3 is 0 Å². The predicted molar refractivity (Wildman–Crippen MR) is 105 cm³/mol. The van der Waals surface area contributed by atoms with Crippen molar-refractivity contribution in [3.63, 3.8) is 0 Å². The number of likely N-dealkylation sites (N-methyl/N-ethyl adjacent to an activating group) is 1. The van der Waals surface area contributed by atoms with Crippen molar-refractivity contribution < 1.29 is 32.8 Å². The molecule has 2 amide bonds. The van der Waals surface area contributed by atoms with Crippen molar-refractivity contribution in [1.82, 2.24) is 14.8 Å². The zero-order chi connectivity index (χ0) is 28.4. The molecule has 0 spiro atoms. The number of para-hydroxylation sites is 1. The number of piperazine rings is 1. The van der Waals surface area contributed by atoms with Gasteiger partial charge in [-0.25, -0.2) is 0 Å². The highest BCUT2D eigenvalue weighted by molar-refractivity contribution is 5.97. The normalized spacial score (nSPS) is 32.5. The first-order chi connectivity index (χ1) is 18.1. The van der Waals surface area contributed by atoms with Crippen LogP contribution < -0.4 is 9.47 Å². The van der Waals surface area contributed by atoms with E-state index in [1.807, 2.05) is 0 Å². The van der Waals surface area contributed by atoms with Gasteiger partial charge in [-0.3, -0.25) is 9.59 Å². The number of nitrogens with one attached hydrogen (secondary N) is 1. The lowest BCUT2D eigenvalue weighted by atomic mass is 9.86. The van der Waals surface area contributed by atoms with Crippen molar-refractivity contribution in [1.29, 1.82) is 0 Å². The molecule has 0 unspecified atom stereocenters. The van der Waals surface area contributed by atoms with E-state index in [2.05, 4.69) is 4.98 Å². The molecule has 7 nitrogen and oxygen atoms in total. The van der Waals surface area contributed by atoms with Gasteiger partial charge in [0.2, 0.25) is 18.6 Å². The summed E-state index contributed by atoms with van der Waals surface area (Å²) in [4.78, 5) is 30.9. The maximum Gasteiger partial charge on any atom is 0.245 e. The predicted octanol–water partition coefficient (Wildman–Crippen LogP) is 2.21. The number of hydrogen-bond donors (Lipinski definition) is 1. The summed E-state index contributed by atoms with van der Waals surface area (Å²) in [6.45, 7) is -6.77. The van der Waals surface area contributed by atoms with Crippen LogP contribution in [0.1, 0.15) is 36.5 Å². The maximum atomic E-state index is 13.8. The van der Waals surface area contributed by atoms with Crippen LogP contribution in [0.2, 0.25) is 0 Å². The van der Waals surface area contributed by atoms with E-state index in [1.54, 1.807) is 0 Å². The molecule has 0 radical (unpaired) electrons. The lowest BCUT2D eigenvalue weighted by molar-refractivity contribution is -0.157. The fraction of sp³-hybridized carbons (Fsp3) is 0.273. The summed E-state index contributed by atoms with van der Waals surface area (Å²) in [6, 6.07) is -1.79. The number of benzene rings is 2. The third-order valence-electron chi connectivity index (χ3n) is 5.31. The summed E-state index contributed by atoms with van der Waals surface area (Å²) in [5.74, 6) is -2.15. The first kappa shape index (κ1) is 9.35. The van der Waals surface area contributed by atoms with Gasteiger partial charge in [-0.15, -0.1) is 0 Å². The Labute approximate surface area is 180 Å². The van der Waals surface area contributed by atoms with Crippen molar-refractivity contribution in [2.45, 2.75) is 18.5 Å². The molecule has 2 aromatic carbocycles. The van der Waals surface area contributed by atoms with Crippen molar-refractivity contribution in [2.75, 3.05) is 20.3 Å². The van der Waals surface area contributed by atoms with Gasteiger partial charge in [0, 0.05) is 34.1 Å². The molecule has 0 saturated carbocycles. The average molecular weight is 399 g/mol. The number of aromatic nitrogens is 1. The number of rotatable bonds is 1. The molecule has 3 aliphatic heterocycles. The number of carbonyl (C=O) groups is 2. The minimum Gasteiger partial charge on any atom is -0.454 e. The number of amides is 2. The summed E-state index contributed by atoms with van der Waals surface area (Å²) in [6.07, 6.45) is -0.421. The van der Waals surface area contributed by atoms with Gasteiger partial charge in [-0.05, 0) is 29.3 Å². The molecule has 4 heterocycles. The Hall–Kier alpha value is -3.48. The van der Waals surface area contributed by atoms with Crippen molar-refractivity contribution in [3.8, 4) is 11.5 Å². The van der Waals surface area contributed by atoms with Crippen LogP contribution in [0.4, 0.5) is 0 Å². The minimum absolute atomic E-state index is 0.0118. The Balaban J connectivity index is 1.70. The number of aromatic amines is 1. The van der Waals surface area contributed by atoms with Crippen LogP contribution >= 0.6 is 0 Å². The Bertz CT molecular complexity index is 1620. The third kappa shape index (κ3) is 2.24. The van der Waals surface area contributed by atoms with Crippen molar-refractivity contribution in [2.24, 2.45) is 0 Å². The molecule has 2 atom stereocenters. The molecule has 3 aromatic rings. The number of H-pyrrole nitrogens is 1. The molecule has 146 valence electrons. The molecular formula is C22H19N3O4. The molecular weight excluding hydrogens is 370 g/mol. The Kier molecular flexibility index (Phi) is 1.86. The maximum absolute atomic E-state index is 13.8. The van der Waals surface area contributed by atoms with Crippen LogP contribution in [0.5, 0.6) is 11.5 Å². The molecule has 29 heavy (non-hydrogen) atoms. The van der Waals surface area contributed by atoms with Gasteiger partial charge in [0.1, 0.15) is 6.04 Å². The smallest absolute Gasteiger partial charge is 0.245 e. The van der Waals surface area contributed by atoms with Crippen LogP contribution in [-0.2, 0) is 16.0 Å². The van der Waals surface area contributed by atoms with Crippen molar-refractivity contribution in [3.05, 3.63) is 59.2 Å². The van der Waals surface area contributed by atoms with Gasteiger partial charge < -0.3 is 24.3 Å². The SMILES string of the molecule is [2H]c1c([2H])c([2H])c2c3c([nH]c2c1[2H])[C@@]([2H])(c1ccc2c(c1)OCO2)N1C(=O)C([2H])([2H])N(C([2H])([2H])[2H])C(=O)[C@H]1C3. The number of ether oxygens (including phenoxy) is 2. The topological polar surface area (TPSA) is 74.9 Å². The van der Waals surface area contributed by atoms with Gasteiger partial charge in [-0.2, -0.15) is 0 Å². The molecule has 3 aliphatic rings. The second kappa shape index (κ2) is 5.76. The van der Waals surface area contributed by atoms with Crippen LogP contribution in [0, 0.1) is 0 Å². The highest BCUT2D eigenvalue weighted by Gasteiger charge is 2.47. The zero-order valence-corrected chi connectivity index (χ0v) is 14.8. The number of fused-ring (bicyclic) bond motifs is 5. The molecule has 7 heteroatoms. The standard InChI is InChI=1S/C22H19N3O4/c1-24-10-19(26)25-16(22(24)27)9-14-13-4-2-3-5-15(13)23-20(14)21(25)12-6-7-17-18(8-12)29-11-28-17/h2-8,16,21,23H,9-11H2,1H3/t16-,21-/m1/s1/i1D3,2D,3D,4D,5D,10D2,21D. The van der Waals surface area contributed by atoms with Crippen molar-refractivity contribution >= 4 is 22.7 Å². The van der Waals surface area contributed by atoms with E-state index in [-0.39, 0.29) is 45.2 Å². The molecule has 1 saturated heterocycles. The second-order valence-electron chi connectivity index (χ2n) is 6.83. The Morgan fingerprint density at radius 2 is 2.14 bits per heavy atom. The molecule has 0 aliphatic carbocycles. The van der Waals surface area contributed by atoms with Crippen LogP contribution in [0.15, 0.2) is 42.4 Å². The molecule has 1 aromatic heterocycles. The van der Waals surface area contributed by atoms with E-state index >= 15 is 0 Å². The van der Waals surface area contributed by atoms with E-state index < -0.39 is 67.9 Å². The highest BCUT2D eigenvalue weighted by Crippen LogP contribution is 2.44. The first-order valence-electron chi connectivity index (χ1n) is 13.8. The molecule has 0 bridgehead atoms. The Morgan fingerprint density at radius 1 is 1.28 bits per heavy atom. The van der Waals surface area contributed by atoms with E-state index in [4.69, 9.17) is 21.8 Å². The molecule has 1 N–H and O–H groups in total. The van der Waals surface area contributed by atoms with E-state index in [9.17, 15) is 11.0 Å². The van der Waals surface area contributed by atoms with E-state index in [0.717, 1.165) is 0 Å². The Morgan fingerprint density at radius 3 is 3.03 bits per heavy atom. The number of hydrogen-bond acceptors (Lipinski definition) is 4. The molecule has 6 rings (SSSR count). The largest absolute Gasteiger partial charge is 0.454 e. The summed E-state index contributed by atoms with van der Waals surface area (Å²) in [7, 11) is 0. The summed E-state index contributed by atoms with van der Waals surface area (Å²) < 4.78 is 93.5. The summed E-state index contributed by atoms with van der Waals surface area (Å²) in [5.41, 5.74) is -0.0171. The van der Waals surface area contributed by atoms with E-state index in [1.165, 1.54) is 18.2 Å². The number of carbonyl (C=O) groups excluding carboxylic acids is 2. The van der Waals surface area contributed by atoms with E-state index in [0.29, 0.717) is 10.6 Å². The summed E-state index contributed by atoms with van der Waals surface area (Å²) >= 11 is 0. The quantitative estimate of drug-likeness (QED) is 0.681. The lowest BCUT2D eigenvalue weighted by Crippen LogP contribution is -2.62. The lowest BCUT2D eigenvalue weighted by Gasteiger charge is -2.46. The van der Waals surface area contributed by atoms with Gasteiger partial charge in [-0.1, -0.05) is 24.2 Å². The third-order valence-corrected chi connectivity index (χ3v) is 5.31. The average Bonchev–Trinajstić information content (AvgIpc) is 3.48. The second-order valence-corrected chi connectivity index (χ2v) is 6.83.